The molecule has 13 heavy (non-hydrogen) atoms. The van der Waals surface area contributed by atoms with Crippen LogP contribution in [0.2, 0.25) is 0 Å². The van der Waals surface area contributed by atoms with Crippen LogP contribution in [0, 0.1) is 0 Å². The first-order chi connectivity index (χ1) is 6.31. The van der Waals surface area contributed by atoms with Crippen LogP contribution in [0.4, 0.5) is 0 Å². The average Bonchev–Trinajstić information content (AvgIpc) is 2.71. The van der Waals surface area contributed by atoms with E-state index in [1.54, 1.807) is 17.5 Å². The van der Waals surface area contributed by atoms with E-state index < -0.39 is 0 Å². The molecule has 5 heteroatoms. The largest absolute Gasteiger partial charge is 0.258 e. The second kappa shape index (κ2) is 3.59. The number of rotatable bonds is 2. The minimum atomic E-state index is 0.867. The van der Waals surface area contributed by atoms with Gasteiger partial charge < -0.3 is 0 Å². The molecular weight excluding hydrogens is 250 g/mol. The Labute approximate surface area is 88.6 Å². The Morgan fingerprint density at radius 2 is 2.46 bits per heavy atom. The van der Waals surface area contributed by atoms with Crippen molar-refractivity contribution in [3.63, 3.8) is 0 Å². The number of aryl methyl sites for hydroxylation is 1. The van der Waals surface area contributed by atoms with Gasteiger partial charge in [-0.1, -0.05) is 0 Å². The molecule has 2 aromatic rings. The van der Waals surface area contributed by atoms with Crippen LogP contribution in [-0.4, -0.2) is 14.8 Å². The lowest BCUT2D eigenvalue weighted by atomic mass is 10.5. The van der Waals surface area contributed by atoms with Crippen molar-refractivity contribution in [2.75, 3.05) is 0 Å². The fraction of sp³-hybridized carbons (Fsp3) is 0.250. The molecule has 2 rings (SSSR count). The predicted molar refractivity (Wildman–Crippen MR) is 56.7 cm³/mol. The van der Waals surface area contributed by atoms with Gasteiger partial charge in [0.1, 0.15) is 15.3 Å². The summed E-state index contributed by atoms with van der Waals surface area (Å²) in [6, 6.07) is 1.99. The molecule has 0 aliphatic carbocycles. The van der Waals surface area contributed by atoms with Crippen LogP contribution in [0.3, 0.4) is 0 Å². The summed E-state index contributed by atoms with van der Waals surface area (Å²) in [6.45, 7) is 2.93. The molecule has 0 aromatic carbocycles. The minimum absolute atomic E-state index is 0.867. The van der Waals surface area contributed by atoms with Gasteiger partial charge in [-0.2, -0.15) is 5.10 Å². The minimum Gasteiger partial charge on any atom is -0.258 e. The Balaban J connectivity index is 2.43. The van der Waals surface area contributed by atoms with Gasteiger partial charge in [-0.25, -0.2) is 4.98 Å². The number of nitrogens with zero attached hydrogens (tertiary/aromatic N) is 3. The van der Waals surface area contributed by atoms with Gasteiger partial charge >= 0.3 is 0 Å². The molecule has 2 heterocycles. The predicted octanol–water partition coefficient (Wildman–Crippen LogP) is 2.79. The maximum absolute atomic E-state index is 4.39. The normalized spacial score (nSPS) is 10.6. The molecule has 68 valence electrons. The lowest BCUT2D eigenvalue weighted by molar-refractivity contribution is 0.647. The lowest BCUT2D eigenvalue weighted by Gasteiger charge is -1.94. The van der Waals surface area contributed by atoms with Gasteiger partial charge in [-0.3, -0.25) is 4.68 Å². The van der Waals surface area contributed by atoms with Crippen LogP contribution in [0.15, 0.2) is 22.2 Å². The van der Waals surface area contributed by atoms with E-state index in [9.17, 15) is 0 Å². The summed E-state index contributed by atoms with van der Waals surface area (Å²) in [5, 5.41) is 7.31. The van der Waals surface area contributed by atoms with Crippen molar-refractivity contribution in [1.82, 2.24) is 14.8 Å². The van der Waals surface area contributed by atoms with Crippen LogP contribution in [-0.2, 0) is 6.54 Å². The van der Waals surface area contributed by atoms with Crippen molar-refractivity contribution in [3.05, 3.63) is 22.2 Å². The highest BCUT2D eigenvalue weighted by atomic mass is 79.9. The van der Waals surface area contributed by atoms with Gasteiger partial charge in [-0.15, -0.1) is 11.3 Å². The SMILES string of the molecule is CCn1nc(-c2nccs2)cc1Br. The van der Waals surface area contributed by atoms with Crippen molar-refractivity contribution in [3.8, 4) is 10.7 Å². The summed E-state index contributed by atoms with van der Waals surface area (Å²) in [7, 11) is 0. The molecule has 0 amide bonds. The topological polar surface area (TPSA) is 30.7 Å². The Morgan fingerprint density at radius 3 is 3.00 bits per heavy atom. The summed E-state index contributed by atoms with van der Waals surface area (Å²) < 4.78 is 2.90. The highest BCUT2D eigenvalue weighted by molar-refractivity contribution is 9.10. The first-order valence-electron chi connectivity index (χ1n) is 3.94. The molecule has 0 aliphatic rings. The van der Waals surface area contributed by atoms with E-state index in [0.717, 1.165) is 21.8 Å². The van der Waals surface area contributed by atoms with Gasteiger partial charge in [0.05, 0.1) is 0 Å². The standard InChI is InChI=1S/C8H8BrN3S/c1-2-12-7(9)5-6(11-12)8-10-3-4-13-8/h3-5H,2H2,1H3. The van der Waals surface area contributed by atoms with Crippen LogP contribution in [0.25, 0.3) is 10.7 Å². The van der Waals surface area contributed by atoms with E-state index in [1.165, 1.54) is 0 Å². The third-order valence-electron chi connectivity index (χ3n) is 1.68. The third-order valence-corrected chi connectivity index (χ3v) is 3.12. The highest BCUT2D eigenvalue weighted by Gasteiger charge is 2.07. The van der Waals surface area contributed by atoms with Crippen molar-refractivity contribution >= 4 is 27.3 Å². The Hall–Kier alpha value is -0.680. The Kier molecular flexibility index (Phi) is 2.46. The third kappa shape index (κ3) is 1.66. The molecule has 2 aromatic heterocycles. The monoisotopic (exact) mass is 257 g/mol. The summed E-state index contributed by atoms with van der Waals surface area (Å²) in [6.07, 6.45) is 1.79. The van der Waals surface area contributed by atoms with E-state index in [-0.39, 0.29) is 0 Å². The van der Waals surface area contributed by atoms with Gasteiger partial charge in [0.15, 0.2) is 0 Å². The van der Waals surface area contributed by atoms with Gasteiger partial charge in [-0.05, 0) is 22.9 Å². The highest BCUT2D eigenvalue weighted by Crippen LogP contribution is 2.23. The van der Waals surface area contributed by atoms with E-state index in [2.05, 4.69) is 32.9 Å². The second-order valence-electron chi connectivity index (χ2n) is 2.51. The second-order valence-corrected chi connectivity index (χ2v) is 4.21. The van der Waals surface area contributed by atoms with Crippen LogP contribution >= 0.6 is 27.3 Å². The fourth-order valence-corrected chi connectivity index (χ4v) is 2.21. The zero-order chi connectivity index (χ0) is 9.26. The summed E-state index contributed by atoms with van der Waals surface area (Å²) >= 11 is 5.04. The zero-order valence-electron chi connectivity index (χ0n) is 7.07. The lowest BCUT2D eigenvalue weighted by Crippen LogP contribution is -1.95. The molecule has 0 saturated carbocycles. The molecule has 3 nitrogen and oxygen atoms in total. The van der Waals surface area contributed by atoms with Gasteiger partial charge in [0.25, 0.3) is 0 Å². The number of thiazole rings is 1. The smallest absolute Gasteiger partial charge is 0.143 e. The van der Waals surface area contributed by atoms with Crippen molar-refractivity contribution in [1.29, 1.82) is 0 Å². The zero-order valence-corrected chi connectivity index (χ0v) is 9.47. The molecule has 0 unspecified atom stereocenters. The fourth-order valence-electron chi connectivity index (χ4n) is 1.07. The molecule has 0 N–H and O–H groups in total. The summed E-state index contributed by atoms with van der Waals surface area (Å²) in [4.78, 5) is 4.20. The number of hydrogen-bond donors (Lipinski definition) is 0. The molecule has 0 aliphatic heterocycles. The number of hydrogen-bond acceptors (Lipinski definition) is 3. The summed E-state index contributed by atoms with van der Waals surface area (Å²) in [5.74, 6) is 0. The molecule has 0 spiro atoms. The average molecular weight is 258 g/mol. The van der Waals surface area contributed by atoms with Crippen LogP contribution in [0.5, 0.6) is 0 Å². The van der Waals surface area contributed by atoms with E-state index in [1.807, 2.05) is 16.1 Å². The molecule has 0 bridgehead atoms. The molecule has 0 radical (unpaired) electrons. The maximum atomic E-state index is 4.39. The maximum Gasteiger partial charge on any atom is 0.143 e. The van der Waals surface area contributed by atoms with Gasteiger partial charge in [0, 0.05) is 24.2 Å². The Morgan fingerprint density at radius 1 is 1.62 bits per heavy atom. The van der Waals surface area contributed by atoms with Crippen LogP contribution < -0.4 is 0 Å². The Bertz CT molecular complexity index is 393. The molecule has 0 fully saturated rings. The first kappa shape index (κ1) is 8.90. The number of halogens is 1. The van der Waals surface area contributed by atoms with E-state index in [4.69, 9.17) is 0 Å². The quantitative estimate of drug-likeness (QED) is 0.829. The summed E-state index contributed by atoms with van der Waals surface area (Å²) in [5.41, 5.74) is 0.934. The van der Waals surface area contributed by atoms with E-state index in [0.29, 0.717) is 0 Å². The number of aromatic nitrogens is 3. The van der Waals surface area contributed by atoms with Crippen LogP contribution in [0.1, 0.15) is 6.92 Å². The van der Waals surface area contributed by atoms with Crippen molar-refractivity contribution in [2.24, 2.45) is 0 Å². The molecule has 0 saturated heterocycles. The first-order valence-corrected chi connectivity index (χ1v) is 5.61. The van der Waals surface area contributed by atoms with Crippen molar-refractivity contribution < 1.29 is 0 Å². The molecular formula is C8H8BrN3S. The van der Waals surface area contributed by atoms with E-state index >= 15 is 0 Å². The van der Waals surface area contributed by atoms with Crippen molar-refractivity contribution in [2.45, 2.75) is 13.5 Å². The van der Waals surface area contributed by atoms with Gasteiger partial charge in [0.2, 0.25) is 0 Å². The molecule has 0 atom stereocenters.